The fourth-order valence-electron chi connectivity index (χ4n) is 1.31. The van der Waals surface area contributed by atoms with Gasteiger partial charge in [-0.1, -0.05) is 6.08 Å². The quantitative estimate of drug-likeness (QED) is 0.456. The van der Waals surface area contributed by atoms with Crippen LogP contribution in [-0.4, -0.2) is 13.1 Å². The van der Waals surface area contributed by atoms with Gasteiger partial charge in [0.05, 0.1) is 13.5 Å². The summed E-state index contributed by atoms with van der Waals surface area (Å²) in [6.07, 6.45) is 5.69. The molecule has 2 nitrogen and oxygen atoms in total. The highest BCUT2D eigenvalue weighted by molar-refractivity contribution is 5.70. The van der Waals surface area contributed by atoms with E-state index >= 15 is 0 Å². The van der Waals surface area contributed by atoms with Gasteiger partial charge >= 0.3 is 5.97 Å². The number of esters is 1. The number of carbonyl (C=O) groups is 1. The fraction of sp³-hybridized carbons (Fsp3) is 0.667. The molecule has 0 amide bonds. The van der Waals surface area contributed by atoms with Gasteiger partial charge in [-0.15, -0.1) is 6.58 Å². The molecule has 0 radical (unpaired) electrons. The van der Waals surface area contributed by atoms with E-state index < -0.39 is 0 Å². The number of rotatable bonds is 4. The topological polar surface area (TPSA) is 26.3 Å². The molecule has 1 aliphatic carbocycles. The maximum atomic E-state index is 10.9. The van der Waals surface area contributed by atoms with E-state index in [1.165, 1.54) is 7.11 Å². The molecule has 1 fully saturated rings. The van der Waals surface area contributed by atoms with Crippen molar-refractivity contribution in [2.75, 3.05) is 7.11 Å². The lowest BCUT2D eigenvalue weighted by Gasteiger charge is -2.09. The molecule has 62 valence electrons. The summed E-state index contributed by atoms with van der Waals surface area (Å²) < 4.78 is 4.60. The van der Waals surface area contributed by atoms with E-state index in [2.05, 4.69) is 11.3 Å². The van der Waals surface area contributed by atoms with Crippen molar-refractivity contribution in [1.82, 2.24) is 0 Å². The highest BCUT2D eigenvalue weighted by Gasteiger charge is 2.43. The molecule has 0 N–H and O–H groups in total. The number of hydrogen-bond acceptors (Lipinski definition) is 2. The lowest BCUT2D eigenvalue weighted by atomic mass is 9.98. The molecule has 0 heterocycles. The van der Waals surface area contributed by atoms with Crippen molar-refractivity contribution in [2.24, 2.45) is 5.41 Å². The van der Waals surface area contributed by atoms with E-state index in [-0.39, 0.29) is 11.4 Å². The van der Waals surface area contributed by atoms with Gasteiger partial charge in [0.15, 0.2) is 0 Å². The van der Waals surface area contributed by atoms with E-state index in [4.69, 9.17) is 0 Å². The molecule has 0 bridgehead atoms. The molecule has 0 spiro atoms. The Morgan fingerprint density at radius 3 is 2.73 bits per heavy atom. The van der Waals surface area contributed by atoms with Crippen LogP contribution in [0.25, 0.3) is 0 Å². The minimum atomic E-state index is -0.0932. The zero-order valence-electron chi connectivity index (χ0n) is 6.93. The summed E-state index contributed by atoms with van der Waals surface area (Å²) in [6, 6.07) is 0. The van der Waals surface area contributed by atoms with Gasteiger partial charge < -0.3 is 4.74 Å². The molecule has 2 heteroatoms. The Balaban J connectivity index is 2.34. The zero-order valence-corrected chi connectivity index (χ0v) is 6.93. The van der Waals surface area contributed by atoms with E-state index in [1.54, 1.807) is 0 Å². The van der Waals surface area contributed by atoms with Crippen molar-refractivity contribution in [3.63, 3.8) is 0 Å². The van der Waals surface area contributed by atoms with Crippen LogP contribution in [0.5, 0.6) is 0 Å². The normalized spacial score (nSPS) is 19.0. The molecular weight excluding hydrogens is 140 g/mol. The third-order valence-corrected chi connectivity index (χ3v) is 2.28. The molecule has 1 rings (SSSR count). The Labute approximate surface area is 67.2 Å². The van der Waals surface area contributed by atoms with Crippen LogP contribution in [-0.2, 0) is 9.53 Å². The first-order valence-corrected chi connectivity index (χ1v) is 3.90. The number of carbonyl (C=O) groups excluding carboxylic acids is 1. The summed E-state index contributed by atoms with van der Waals surface area (Å²) in [5.41, 5.74) is 0.231. The third kappa shape index (κ3) is 2.07. The largest absolute Gasteiger partial charge is 0.469 e. The van der Waals surface area contributed by atoms with Gasteiger partial charge in [0, 0.05) is 0 Å². The molecule has 0 aliphatic heterocycles. The lowest BCUT2D eigenvalue weighted by Crippen LogP contribution is -2.09. The molecule has 0 aromatic rings. The van der Waals surface area contributed by atoms with Crippen LogP contribution >= 0.6 is 0 Å². The van der Waals surface area contributed by atoms with Gasteiger partial charge in [-0.3, -0.25) is 4.79 Å². The summed E-state index contributed by atoms with van der Waals surface area (Å²) in [5, 5.41) is 0. The van der Waals surface area contributed by atoms with Crippen molar-refractivity contribution < 1.29 is 9.53 Å². The maximum Gasteiger partial charge on any atom is 0.306 e. The maximum absolute atomic E-state index is 10.9. The van der Waals surface area contributed by atoms with Crippen LogP contribution in [0, 0.1) is 5.41 Å². The van der Waals surface area contributed by atoms with Gasteiger partial charge in [-0.25, -0.2) is 0 Å². The van der Waals surface area contributed by atoms with Crippen LogP contribution in [0.1, 0.15) is 25.7 Å². The average Bonchev–Trinajstić information content (AvgIpc) is 2.70. The minimum Gasteiger partial charge on any atom is -0.469 e. The van der Waals surface area contributed by atoms with Gasteiger partial charge in [0.25, 0.3) is 0 Å². The summed E-state index contributed by atoms with van der Waals surface area (Å²) in [4.78, 5) is 10.9. The smallest absolute Gasteiger partial charge is 0.306 e. The molecule has 1 saturated carbocycles. The van der Waals surface area contributed by atoms with Crippen molar-refractivity contribution in [2.45, 2.75) is 25.7 Å². The third-order valence-electron chi connectivity index (χ3n) is 2.28. The Morgan fingerprint density at radius 1 is 1.73 bits per heavy atom. The lowest BCUT2D eigenvalue weighted by molar-refractivity contribution is -0.142. The van der Waals surface area contributed by atoms with Gasteiger partial charge in [0.1, 0.15) is 0 Å². The summed E-state index contributed by atoms with van der Waals surface area (Å²) in [6.45, 7) is 3.67. The van der Waals surface area contributed by atoms with E-state index in [0.717, 1.165) is 19.3 Å². The van der Waals surface area contributed by atoms with Crippen LogP contribution < -0.4 is 0 Å². The van der Waals surface area contributed by atoms with Crippen molar-refractivity contribution >= 4 is 5.97 Å². The highest BCUT2D eigenvalue weighted by atomic mass is 16.5. The van der Waals surface area contributed by atoms with Crippen molar-refractivity contribution in [3.8, 4) is 0 Å². The Morgan fingerprint density at radius 2 is 2.36 bits per heavy atom. The number of hydrogen-bond donors (Lipinski definition) is 0. The zero-order chi connectivity index (χ0) is 8.32. The fourth-order valence-corrected chi connectivity index (χ4v) is 1.31. The highest BCUT2D eigenvalue weighted by Crippen LogP contribution is 2.52. The van der Waals surface area contributed by atoms with E-state index in [9.17, 15) is 4.79 Å². The monoisotopic (exact) mass is 154 g/mol. The first-order valence-electron chi connectivity index (χ1n) is 3.90. The second-order valence-electron chi connectivity index (χ2n) is 3.25. The molecular formula is C9H14O2. The minimum absolute atomic E-state index is 0.0932. The molecule has 0 aromatic carbocycles. The number of methoxy groups -OCH3 is 1. The number of allylic oxidation sites excluding steroid dienone is 1. The van der Waals surface area contributed by atoms with Gasteiger partial charge in [0.2, 0.25) is 0 Å². The van der Waals surface area contributed by atoms with E-state index in [1.807, 2.05) is 6.08 Å². The molecule has 0 saturated heterocycles. The Bertz CT molecular complexity index is 168. The van der Waals surface area contributed by atoms with E-state index in [0.29, 0.717) is 6.42 Å². The average molecular weight is 154 g/mol. The second-order valence-corrected chi connectivity index (χ2v) is 3.25. The number of ether oxygens (including phenoxy) is 1. The molecule has 0 atom stereocenters. The molecule has 0 unspecified atom stereocenters. The van der Waals surface area contributed by atoms with Crippen LogP contribution in [0.15, 0.2) is 12.7 Å². The van der Waals surface area contributed by atoms with Crippen LogP contribution in [0.2, 0.25) is 0 Å². The van der Waals surface area contributed by atoms with Crippen LogP contribution in [0.4, 0.5) is 0 Å². The predicted octanol–water partition coefficient (Wildman–Crippen LogP) is 1.91. The Hall–Kier alpha value is -0.790. The molecule has 11 heavy (non-hydrogen) atoms. The van der Waals surface area contributed by atoms with Crippen LogP contribution in [0.3, 0.4) is 0 Å². The molecule has 1 aliphatic rings. The first kappa shape index (κ1) is 8.31. The second kappa shape index (κ2) is 3.07. The van der Waals surface area contributed by atoms with Gasteiger partial charge in [-0.2, -0.15) is 0 Å². The molecule has 0 aromatic heterocycles. The standard InChI is InChI=1S/C9H14O2/c1-3-4-9(5-6-9)7-8(10)11-2/h3H,1,4-7H2,2H3. The predicted molar refractivity (Wildman–Crippen MR) is 43.1 cm³/mol. The SMILES string of the molecule is C=CCC1(CC(=O)OC)CC1. The Kier molecular flexibility index (Phi) is 2.32. The van der Waals surface area contributed by atoms with Gasteiger partial charge in [-0.05, 0) is 24.7 Å². The summed E-state index contributed by atoms with van der Waals surface area (Å²) >= 11 is 0. The van der Waals surface area contributed by atoms with Crippen molar-refractivity contribution in [3.05, 3.63) is 12.7 Å². The summed E-state index contributed by atoms with van der Waals surface area (Å²) in [7, 11) is 1.44. The first-order chi connectivity index (χ1) is 5.22. The summed E-state index contributed by atoms with van der Waals surface area (Å²) in [5.74, 6) is -0.0932. The van der Waals surface area contributed by atoms with Crippen molar-refractivity contribution in [1.29, 1.82) is 0 Å².